The van der Waals surface area contributed by atoms with Crippen molar-refractivity contribution in [3.63, 3.8) is 0 Å². The number of aromatic amines is 1. The molecular formula is C26H27N5O. The largest absolute Gasteiger partial charge is 0.360 e. The number of carbonyl (C=O) groups is 1. The first kappa shape index (κ1) is 20.4. The van der Waals surface area contributed by atoms with Crippen LogP contribution in [0, 0.1) is 0 Å². The van der Waals surface area contributed by atoms with E-state index in [2.05, 4.69) is 56.7 Å². The minimum Gasteiger partial charge on any atom is -0.360 e. The normalized spacial score (nSPS) is 15.1. The molecule has 3 aromatic heterocycles. The number of H-pyrrole nitrogens is 1. The molecule has 1 aromatic carbocycles. The second-order valence-corrected chi connectivity index (χ2v) is 8.38. The summed E-state index contributed by atoms with van der Waals surface area (Å²) in [5.41, 5.74) is 5.19. The van der Waals surface area contributed by atoms with Gasteiger partial charge in [0.1, 0.15) is 5.82 Å². The first-order valence-electron chi connectivity index (χ1n) is 11.2. The molecule has 6 heteroatoms. The molecule has 5 rings (SSSR count). The number of anilines is 1. The van der Waals surface area contributed by atoms with Crippen LogP contribution in [0.25, 0.3) is 11.0 Å². The number of hydrogen-bond acceptors (Lipinski definition) is 4. The number of likely N-dealkylation sites (tertiary alicyclic amines) is 1. The Hall–Kier alpha value is -3.51. The number of amides is 1. The lowest BCUT2D eigenvalue weighted by atomic mass is 9.90. The van der Waals surface area contributed by atoms with Crippen LogP contribution in [0.5, 0.6) is 0 Å². The maximum absolute atomic E-state index is 12.5. The molecule has 162 valence electrons. The molecule has 0 saturated carbocycles. The van der Waals surface area contributed by atoms with E-state index >= 15 is 0 Å². The number of aromatic nitrogens is 3. The van der Waals surface area contributed by atoms with E-state index in [9.17, 15) is 4.79 Å². The average Bonchev–Trinajstić information content (AvgIpc) is 3.27. The molecule has 1 aliphatic heterocycles. The summed E-state index contributed by atoms with van der Waals surface area (Å²) < 4.78 is 0. The number of rotatable bonds is 6. The van der Waals surface area contributed by atoms with Gasteiger partial charge in [-0.3, -0.25) is 9.78 Å². The SMILES string of the molecule is O=C(Nc1ccc2[nH]cc(C3CCN(CCc4ccccc4)CC3)c2n1)c1ccncc1. The second kappa shape index (κ2) is 9.32. The van der Waals surface area contributed by atoms with E-state index in [0.717, 1.165) is 49.9 Å². The van der Waals surface area contributed by atoms with Crippen LogP contribution in [0.3, 0.4) is 0 Å². The molecule has 1 saturated heterocycles. The summed E-state index contributed by atoms with van der Waals surface area (Å²) in [5.74, 6) is 0.874. The standard InChI is InChI=1S/C26H27N5O/c32-26(21-8-13-27-14-9-21)30-24-7-6-23-25(29-24)22(18-28-23)20-11-16-31(17-12-20)15-10-19-4-2-1-3-5-19/h1-9,13-14,18,20,28H,10-12,15-17H2,(H,29,30,32). The summed E-state index contributed by atoms with van der Waals surface area (Å²) in [4.78, 5) is 27.1. The Morgan fingerprint density at radius 1 is 1.03 bits per heavy atom. The van der Waals surface area contributed by atoms with Gasteiger partial charge in [-0.05, 0) is 73.7 Å². The summed E-state index contributed by atoms with van der Waals surface area (Å²) in [7, 11) is 0. The minimum absolute atomic E-state index is 0.178. The van der Waals surface area contributed by atoms with Crippen LogP contribution in [0.1, 0.15) is 40.2 Å². The van der Waals surface area contributed by atoms with Crippen molar-refractivity contribution in [2.24, 2.45) is 0 Å². The molecule has 0 aliphatic carbocycles. The molecule has 0 bridgehead atoms. The lowest BCUT2D eigenvalue weighted by Gasteiger charge is -2.31. The molecule has 0 radical (unpaired) electrons. The van der Waals surface area contributed by atoms with Crippen LogP contribution in [0.2, 0.25) is 0 Å². The van der Waals surface area contributed by atoms with Crippen molar-refractivity contribution < 1.29 is 4.79 Å². The summed E-state index contributed by atoms with van der Waals surface area (Å²) in [6.07, 6.45) is 8.66. The van der Waals surface area contributed by atoms with Crippen molar-refractivity contribution in [2.75, 3.05) is 25.0 Å². The Morgan fingerprint density at radius 3 is 2.59 bits per heavy atom. The van der Waals surface area contributed by atoms with Crippen molar-refractivity contribution in [3.8, 4) is 0 Å². The van der Waals surface area contributed by atoms with Crippen LogP contribution in [-0.2, 0) is 6.42 Å². The fourth-order valence-corrected chi connectivity index (χ4v) is 4.49. The third-order valence-electron chi connectivity index (χ3n) is 6.32. The summed E-state index contributed by atoms with van der Waals surface area (Å²) in [5, 5.41) is 2.91. The molecule has 0 unspecified atom stereocenters. The van der Waals surface area contributed by atoms with Gasteiger partial charge in [0, 0.05) is 30.7 Å². The highest BCUT2D eigenvalue weighted by atomic mass is 16.1. The van der Waals surface area contributed by atoms with Gasteiger partial charge < -0.3 is 15.2 Å². The molecule has 6 nitrogen and oxygen atoms in total. The van der Waals surface area contributed by atoms with Crippen LogP contribution >= 0.6 is 0 Å². The Bertz CT molecular complexity index is 1180. The highest BCUT2D eigenvalue weighted by molar-refractivity contribution is 6.04. The predicted molar refractivity (Wildman–Crippen MR) is 127 cm³/mol. The van der Waals surface area contributed by atoms with E-state index in [4.69, 9.17) is 4.98 Å². The zero-order chi connectivity index (χ0) is 21.8. The van der Waals surface area contributed by atoms with Crippen LogP contribution in [0.15, 0.2) is 73.2 Å². The number of pyridine rings is 2. The number of benzene rings is 1. The van der Waals surface area contributed by atoms with E-state index in [-0.39, 0.29) is 5.91 Å². The Kier molecular flexibility index (Phi) is 5.94. The van der Waals surface area contributed by atoms with E-state index in [1.165, 1.54) is 11.1 Å². The smallest absolute Gasteiger partial charge is 0.256 e. The molecule has 32 heavy (non-hydrogen) atoms. The van der Waals surface area contributed by atoms with Gasteiger partial charge in [0.15, 0.2) is 0 Å². The van der Waals surface area contributed by atoms with Gasteiger partial charge in [0.25, 0.3) is 5.91 Å². The summed E-state index contributed by atoms with van der Waals surface area (Å²) in [6, 6.07) is 17.9. The monoisotopic (exact) mass is 425 g/mol. The summed E-state index contributed by atoms with van der Waals surface area (Å²) >= 11 is 0. The maximum Gasteiger partial charge on any atom is 0.256 e. The molecule has 2 N–H and O–H groups in total. The zero-order valence-electron chi connectivity index (χ0n) is 18.0. The van der Waals surface area contributed by atoms with Gasteiger partial charge in [-0.15, -0.1) is 0 Å². The van der Waals surface area contributed by atoms with Crippen LogP contribution in [0.4, 0.5) is 5.82 Å². The molecule has 0 spiro atoms. The van der Waals surface area contributed by atoms with Gasteiger partial charge >= 0.3 is 0 Å². The summed E-state index contributed by atoms with van der Waals surface area (Å²) in [6.45, 7) is 3.30. The number of fused-ring (bicyclic) bond motifs is 1. The van der Waals surface area contributed by atoms with E-state index < -0.39 is 0 Å². The molecule has 4 aromatic rings. The van der Waals surface area contributed by atoms with E-state index in [1.807, 2.05) is 12.1 Å². The fourth-order valence-electron chi connectivity index (χ4n) is 4.49. The number of piperidine rings is 1. The Labute approximate surface area is 187 Å². The van der Waals surface area contributed by atoms with Crippen molar-refractivity contribution in [2.45, 2.75) is 25.2 Å². The van der Waals surface area contributed by atoms with Crippen molar-refractivity contribution in [1.82, 2.24) is 19.9 Å². The third kappa shape index (κ3) is 4.55. The first-order chi connectivity index (χ1) is 15.8. The van der Waals surface area contributed by atoms with Crippen molar-refractivity contribution in [1.29, 1.82) is 0 Å². The van der Waals surface area contributed by atoms with E-state index in [0.29, 0.717) is 17.3 Å². The Balaban J connectivity index is 1.24. The van der Waals surface area contributed by atoms with Gasteiger partial charge in [-0.2, -0.15) is 0 Å². The topological polar surface area (TPSA) is 73.9 Å². The highest BCUT2D eigenvalue weighted by Crippen LogP contribution is 2.33. The van der Waals surface area contributed by atoms with Gasteiger partial charge in [-0.25, -0.2) is 4.98 Å². The van der Waals surface area contributed by atoms with Gasteiger partial charge in [-0.1, -0.05) is 30.3 Å². The van der Waals surface area contributed by atoms with E-state index in [1.54, 1.807) is 24.5 Å². The Morgan fingerprint density at radius 2 is 1.81 bits per heavy atom. The number of nitrogens with zero attached hydrogens (tertiary/aromatic N) is 3. The second-order valence-electron chi connectivity index (χ2n) is 8.38. The van der Waals surface area contributed by atoms with Crippen molar-refractivity contribution in [3.05, 3.63) is 89.9 Å². The lowest BCUT2D eigenvalue weighted by Crippen LogP contribution is -2.34. The van der Waals surface area contributed by atoms with Crippen molar-refractivity contribution >= 4 is 22.8 Å². The molecule has 1 amide bonds. The minimum atomic E-state index is -0.178. The molecular weight excluding hydrogens is 398 g/mol. The van der Waals surface area contributed by atoms with Crippen LogP contribution < -0.4 is 5.32 Å². The average molecular weight is 426 g/mol. The van der Waals surface area contributed by atoms with Gasteiger partial charge in [0.05, 0.1) is 11.0 Å². The number of nitrogens with one attached hydrogen (secondary N) is 2. The van der Waals surface area contributed by atoms with Gasteiger partial charge in [0.2, 0.25) is 0 Å². The predicted octanol–water partition coefficient (Wildman–Crippen LogP) is 4.63. The number of carbonyl (C=O) groups excluding carboxylic acids is 1. The highest BCUT2D eigenvalue weighted by Gasteiger charge is 2.23. The molecule has 0 atom stereocenters. The first-order valence-corrected chi connectivity index (χ1v) is 11.2. The molecule has 4 heterocycles. The maximum atomic E-state index is 12.5. The van der Waals surface area contributed by atoms with Crippen LogP contribution in [-0.4, -0.2) is 45.4 Å². The quantitative estimate of drug-likeness (QED) is 0.472. The zero-order valence-corrected chi connectivity index (χ0v) is 18.0. The molecule has 1 fully saturated rings. The molecule has 1 aliphatic rings. The fraction of sp³-hybridized carbons (Fsp3) is 0.269. The third-order valence-corrected chi connectivity index (χ3v) is 6.32. The lowest BCUT2D eigenvalue weighted by molar-refractivity contribution is 0.102. The number of hydrogen-bond donors (Lipinski definition) is 2.